The molecule has 1 saturated heterocycles. The molecule has 2 aromatic rings. The molecule has 0 radical (unpaired) electrons. The third kappa shape index (κ3) is 3.75. The number of piperidine rings is 1. The Bertz CT molecular complexity index is 602. The number of hydrogen-bond donors (Lipinski definition) is 0. The van der Waals surface area contributed by atoms with Crippen LogP contribution in [0.1, 0.15) is 39.7 Å². The van der Waals surface area contributed by atoms with E-state index in [-0.39, 0.29) is 7.43 Å². The predicted octanol–water partition coefficient (Wildman–Crippen LogP) is 4.45. The third-order valence-corrected chi connectivity index (χ3v) is 4.55. The maximum Gasteiger partial charge on any atom is 0.159 e. The minimum absolute atomic E-state index is 0. The van der Waals surface area contributed by atoms with Gasteiger partial charge in [-0.15, -0.1) is 0 Å². The second-order valence-electron chi connectivity index (χ2n) is 6.24. The highest BCUT2D eigenvalue weighted by Crippen LogP contribution is 2.37. The first kappa shape index (κ1) is 17.5. The Morgan fingerprint density at radius 1 is 1.04 bits per heavy atom. The van der Waals surface area contributed by atoms with Gasteiger partial charge in [-0.2, -0.15) is 0 Å². The fraction of sp³-hybridized carbons (Fsp3) is 0.474. The number of alkyl halides is 1. The van der Waals surface area contributed by atoms with Gasteiger partial charge >= 0.3 is 0 Å². The van der Waals surface area contributed by atoms with E-state index >= 15 is 4.39 Å². The topological polar surface area (TPSA) is 29.0 Å². The summed E-state index contributed by atoms with van der Waals surface area (Å²) in [6.07, 6.45) is 4.56. The van der Waals surface area contributed by atoms with Crippen molar-refractivity contribution in [2.45, 2.75) is 45.8 Å². The smallest absolute Gasteiger partial charge is 0.159 e. The van der Waals surface area contributed by atoms with Crippen molar-refractivity contribution in [3.05, 3.63) is 48.3 Å². The summed E-state index contributed by atoms with van der Waals surface area (Å²) in [5.41, 5.74) is 0.490. The Hall–Kier alpha value is -1.81. The molecule has 124 valence electrons. The normalized spacial score (nSPS) is 17.7. The van der Waals surface area contributed by atoms with Crippen LogP contribution in [0.5, 0.6) is 0 Å². The van der Waals surface area contributed by atoms with Gasteiger partial charge in [0.25, 0.3) is 0 Å². The van der Waals surface area contributed by atoms with Crippen LogP contribution in [-0.4, -0.2) is 34.0 Å². The van der Waals surface area contributed by atoms with Gasteiger partial charge in [0, 0.05) is 37.1 Å². The van der Waals surface area contributed by atoms with Crippen LogP contribution in [-0.2, 0) is 5.67 Å². The van der Waals surface area contributed by atoms with Crippen LogP contribution in [0.25, 0.3) is 11.4 Å². The zero-order chi connectivity index (χ0) is 15.6. The number of likely N-dealkylation sites (tertiary alicyclic amines) is 1. The van der Waals surface area contributed by atoms with Gasteiger partial charge in [0.2, 0.25) is 0 Å². The van der Waals surface area contributed by atoms with Crippen molar-refractivity contribution in [3.63, 3.8) is 0 Å². The monoisotopic (exact) mass is 315 g/mol. The van der Waals surface area contributed by atoms with Gasteiger partial charge in [0.15, 0.2) is 5.82 Å². The van der Waals surface area contributed by atoms with E-state index in [1.165, 1.54) is 0 Å². The summed E-state index contributed by atoms with van der Waals surface area (Å²) in [6.45, 7) is 5.97. The highest BCUT2D eigenvalue weighted by molar-refractivity contribution is 5.55. The van der Waals surface area contributed by atoms with Gasteiger partial charge in [-0.25, -0.2) is 14.4 Å². The van der Waals surface area contributed by atoms with Gasteiger partial charge in [-0.3, -0.25) is 0 Å². The van der Waals surface area contributed by atoms with Gasteiger partial charge in [0.05, 0.1) is 0 Å². The van der Waals surface area contributed by atoms with Crippen LogP contribution < -0.4 is 0 Å². The summed E-state index contributed by atoms with van der Waals surface area (Å²) in [5.74, 6) is 0.677. The molecule has 0 aliphatic carbocycles. The first-order valence-electron chi connectivity index (χ1n) is 7.89. The van der Waals surface area contributed by atoms with Crippen molar-refractivity contribution in [2.75, 3.05) is 13.1 Å². The largest absolute Gasteiger partial charge is 0.301 e. The molecule has 0 spiro atoms. The summed E-state index contributed by atoms with van der Waals surface area (Å²) in [5, 5.41) is 0. The predicted molar refractivity (Wildman–Crippen MR) is 92.9 cm³/mol. The molecule has 23 heavy (non-hydrogen) atoms. The van der Waals surface area contributed by atoms with Gasteiger partial charge < -0.3 is 4.90 Å². The number of hydrogen-bond acceptors (Lipinski definition) is 3. The number of nitrogens with zero attached hydrogens (tertiary/aromatic N) is 3. The fourth-order valence-electron chi connectivity index (χ4n) is 3.05. The molecular weight excluding hydrogens is 289 g/mol. The molecule has 3 nitrogen and oxygen atoms in total. The first-order valence-corrected chi connectivity index (χ1v) is 7.89. The van der Waals surface area contributed by atoms with Crippen LogP contribution in [0.3, 0.4) is 0 Å². The van der Waals surface area contributed by atoms with Gasteiger partial charge in [0.1, 0.15) is 5.67 Å². The zero-order valence-electron chi connectivity index (χ0n) is 13.2. The molecule has 2 heterocycles. The molecule has 0 saturated carbocycles. The Balaban J connectivity index is 0.00000192. The van der Waals surface area contributed by atoms with Gasteiger partial charge in [-0.05, 0) is 38.3 Å². The Morgan fingerprint density at radius 3 is 2.13 bits per heavy atom. The molecule has 0 N–H and O–H groups in total. The molecule has 1 aliphatic rings. The minimum Gasteiger partial charge on any atom is -0.301 e. The Kier molecular flexibility index (Phi) is 5.47. The zero-order valence-corrected chi connectivity index (χ0v) is 13.2. The van der Waals surface area contributed by atoms with Crippen LogP contribution in [0, 0.1) is 0 Å². The molecule has 3 rings (SSSR count). The van der Waals surface area contributed by atoms with Crippen molar-refractivity contribution in [2.24, 2.45) is 0 Å². The average Bonchev–Trinajstić information content (AvgIpc) is 2.56. The highest BCUT2D eigenvalue weighted by Gasteiger charge is 2.36. The maximum atomic E-state index is 15.2. The van der Waals surface area contributed by atoms with Crippen molar-refractivity contribution >= 4 is 0 Å². The van der Waals surface area contributed by atoms with Crippen molar-refractivity contribution in [3.8, 4) is 11.4 Å². The van der Waals surface area contributed by atoms with E-state index in [0.29, 0.717) is 24.7 Å². The molecule has 0 unspecified atom stereocenters. The van der Waals surface area contributed by atoms with Crippen LogP contribution in [0.15, 0.2) is 42.7 Å². The molecule has 1 aromatic heterocycles. The molecule has 4 heteroatoms. The number of halogens is 1. The molecule has 1 fully saturated rings. The van der Waals surface area contributed by atoms with E-state index in [1.807, 2.05) is 24.3 Å². The Morgan fingerprint density at radius 2 is 1.61 bits per heavy atom. The lowest BCUT2D eigenvalue weighted by atomic mass is 9.85. The Labute approximate surface area is 138 Å². The quantitative estimate of drug-likeness (QED) is 0.838. The van der Waals surface area contributed by atoms with E-state index in [9.17, 15) is 0 Å². The highest BCUT2D eigenvalue weighted by atomic mass is 19.1. The fourth-order valence-corrected chi connectivity index (χ4v) is 3.05. The van der Waals surface area contributed by atoms with E-state index in [2.05, 4.69) is 28.7 Å². The third-order valence-electron chi connectivity index (χ3n) is 4.55. The van der Waals surface area contributed by atoms with Crippen molar-refractivity contribution in [1.29, 1.82) is 0 Å². The second-order valence-corrected chi connectivity index (χ2v) is 6.24. The summed E-state index contributed by atoms with van der Waals surface area (Å²) >= 11 is 0. The summed E-state index contributed by atoms with van der Waals surface area (Å²) in [6, 6.07) is 9.88. The van der Waals surface area contributed by atoms with Crippen LogP contribution >= 0.6 is 0 Å². The average molecular weight is 315 g/mol. The molecule has 1 aromatic carbocycles. The molecule has 0 bridgehead atoms. The lowest BCUT2D eigenvalue weighted by Gasteiger charge is -2.38. The van der Waals surface area contributed by atoms with Crippen molar-refractivity contribution < 1.29 is 4.39 Å². The van der Waals surface area contributed by atoms with E-state index in [0.717, 1.165) is 24.2 Å². The van der Waals surface area contributed by atoms with Gasteiger partial charge in [-0.1, -0.05) is 31.7 Å². The number of rotatable bonds is 3. The van der Waals surface area contributed by atoms with E-state index in [4.69, 9.17) is 0 Å². The molecular formula is C19H26FN3. The lowest BCUT2D eigenvalue weighted by Crippen LogP contribution is -2.43. The maximum absolute atomic E-state index is 15.2. The van der Waals surface area contributed by atoms with Crippen molar-refractivity contribution in [1.82, 2.24) is 14.9 Å². The molecule has 0 atom stereocenters. The molecule has 0 amide bonds. The van der Waals surface area contributed by atoms with E-state index in [1.54, 1.807) is 18.5 Å². The summed E-state index contributed by atoms with van der Waals surface area (Å²) in [7, 11) is 0. The van der Waals surface area contributed by atoms with E-state index < -0.39 is 5.67 Å². The standard InChI is InChI=1S/C18H22FN3.CH4/c1-14(2)22-12-8-18(19,9-13-22)16-6-4-15(5-7-16)17-20-10-3-11-21-17;/h3-7,10-11,14H,8-9,12-13H2,1-2H3;1H4. The number of benzene rings is 1. The molecule has 1 aliphatic heterocycles. The van der Waals surface area contributed by atoms with Crippen LogP contribution in [0.4, 0.5) is 4.39 Å². The second kappa shape index (κ2) is 7.18. The lowest BCUT2D eigenvalue weighted by molar-refractivity contribution is 0.0427. The SMILES string of the molecule is C.CC(C)N1CCC(F)(c2ccc(-c3ncccn3)cc2)CC1. The first-order chi connectivity index (χ1) is 10.6. The summed E-state index contributed by atoms with van der Waals surface area (Å²) in [4.78, 5) is 10.8. The summed E-state index contributed by atoms with van der Waals surface area (Å²) < 4.78 is 15.2. The number of aromatic nitrogens is 2. The minimum atomic E-state index is -1.21. The van der Waals surface area contributed by atoms with Crippen LogP contribution in [0.2, 0.25) is 0 Å².